The fourth-order valence-corrected chi connectivity index (χ4v) is 13.8. The third kappa shape index (κ3) is 4.18. The lowest BCUT2D eigenvalue weighted by atomic mass is 10.2. The van der Waals surface area contributed by atoms with Gasteiger partial charge in [-0.15, -0.1) is 0 Å². The topological polar surface area (TPSA) is 26.0 Å². The van der Waals surface area contributed by atoms with E-state index in [0.717, 1.165) is 5.69 Å². The summed E-state index contributed by atoms with van der Waals surface area (Å²) in [4.78, 5) is 9.78. The van der Waals surface area contributed by atoms with Gasteiger partial charge in [-0.2, -0.15) is 0 Å². The Labute approximate surface area is 216 Å². The molecule has 0 saturated heterocycles. The highest BCUT2D eigenvalue weighted by Crippen LogP contribution is 2.65. The zero-order valence-corrected chi connectivity index (χ0v) is 22.9. The van der Waals surface area contributed by atoms with Crippen LogP contribution in [0.5, 0.6) is 0 Å². The van der Waals surface area contributed by atoms with Crippen LogP contribution in [0.4, 0.5) is 5.69 Å². The van der Waals surface area contributed by atoms with Crippen LogP contribution in [-0.2, 0) is 0 Å². The zero-order chi connectivity index (χ0) is 21.1. The molecule has 0 spiro atoms. The van der Waals surface area contributed by atoms with E-state index in [2.05, 4.69) is 43.5 Å². The summed E-state index contributed by atoms with van der Waals surface area (Å²) in [5, 5.41) is 2.27. The maximum atomic E-state index is 5.84. The normalized spacial score (nSPS) is 20.1. The third-order valence-corrected chi connectivity index (χ3v) is 15.9. The monoisotopic (exact) mass is 549 g/mol. The minimum absolute atomic E-state index is 0.810. The number of nitrogen functional groups attached to an aromatic ring is 1. The highest BCUT2D eigenvalue weighted by atomic mass is 32.2. The second kappa shape index (κ2) is 8.65. The molecule has 0 fully saturated rings. The number of thioether (sulfide) groups is 8. The Kier molecular flexibility index (Phi) is 6.01. The molecule has 4 aliphatic heterocycles. The molecule has 0 bridgehead atoms. The predicted octanol–water partition coefficient (Wildman–Crippen LogP) is 10.1. The van der Waals surface area contributed by atoms with Crippen molar-refractivity contribution in [2.75, 3.05) is 5.73 Å². The Morgan fingerprint density at radius 3 is 1.61 bits per heavy atom. The molecule has 0 aromatic heterocycles. The first-order valence-corrected chi connectivity index (χ1v) is 15.9. The van der Waals surface area contributed by atoms with E-state index in [9.17, 15) is 0 Å². The molecule has 0 radical (unpaired) electrons. The molecule has 6 rings (SSSR count). The van der Waals surface area contributed by atoms with Crippen LogP contribution in [-0.4, -0.2) is 0 Å². The zero-order valence-electron chi connectivity index (χ0n) is 16.4. The molecule has 0 aliphatic carbocycles. The minimum atomic E-state index is 0.810. The molecule has 0 unspecified atom stereocenters. The Balaban J connectivity index is 1.20. The summed E-state index contributed by atoms with van der Waals surface area (Å²) in [6.45, 7) is 4.45. The summed E-state index contributed by atoms with van der Waals surface area (Å²) >= 11 is 15.3. The second-order valence-electron chi connectivity index (χ2n) is 6.94. The molecule has 4 heterocycles. The second-order valence-corrected chi connectivity index (χ2v) is 16.6. The van der Waals surface area contributed by atoms with E-state index < -0.39 is 0 Å². The van der Waals surface area contributed by atoms with Crippen molar-refractivity contribution in [1.82, 2.24) is 0 Å². The van der Waals surface area contributed by atoms with Crippen molar-refractivity contribution >= 4 is 105 Å². The maximum Gasteiger partial charge on any atom is 0.0706 e. The van der Waals surface area contributed by atoms with E-state index >= 15 is 0 Å². The molecule has 2 N–H and O–H groups in total. The summed E-state index contributed by atoms with van der Waals surface area (Å²) < 4.78 is 5.68. The standard InChI is InChI=1S/C22H15NS8/c1-10-11(2)26-21(25-10)22-29-16-7-14-15(8-17(16)30-22)28-20(27-14)19-24-9-18(31-19)12-3-5-13(23)6-4-12/h3-9H,23H2,1-2H3. The van der Waals surface area contributed by atoms with Crippen LogP contribution >= 0.6 is 94.1 Å². The van der Waals surface area contributed by atoms with Crippen molar-refractivity contribution in [1.29, 1.82) is 0 Å². The van der Waals surface area contributed by atoms with Crippen LogP contribution in [0.2, 0.25) is 0 Å². The van der Waals surface area contributed by atoms with Crippen molar-refractivity contribution in [3.63, 3.8) is 0 Å². The Morgan fingerprint density at radius 2 is 1.06 bits per heavy atom. The van der Waals surface area contributed by atoms with Crippen molar-refractivity contribution in [2.24, 2.45) is 0 Å². The fraction of sp³-hybridized carbons (Fsp3) is 0.0909. The number of fused-ring (bicyclic) bond motifs is 2. The van der Waals surface area contributed by atoms with Gasteiger partial charge in [0.15, 0.2) is 0 Å². The number of hydrogen-bond donors (Lipinski definition) is 1. The lowest BCUT2D eigenvalue weighted by Gasteiger charge is -2.03. The molecule has 1 nitrogen and oxygen atoms in total. The number of rotatable bonds is 1. The number of allylic oxidation sites excluding steroid dienone is 2. The number of benzene rings is 2. The molecule has 4 aliphatic rings. The smallest absolute Gasteiger partial charge is 0.0706 e. The van der Waals surface area contributed by atoms with Gasteiger partial charge in [0.2, 0.25) is 0 Å². The van der Waals surface area contributed by atoms with Gasteiger partial charge in [0.25, 0.3) is 0 Å². The fourth-order valence-electron chi connectivity index (χ4n) is 3.09. The SMILES string of the molecule is CC1=C(C)SC(=C2Sc3cc4c(cc3S2)SC(=C2SC=C(c3ccc(N)cc3)S2)S4)S1. The van der Waals surface area contributed by atoms with Crippen molar-refractivity contribution in [3.05, 3.63) is 74.1 Å². The van der Waals surface area contributed by atoms with E-state index in [-0.39, 0.29) is 0 Å². The minimum Gasteiger partial charge on any atom is -0.399 e. The van der Waals surface area contributed by atoms with E-state index in [4.69, 9.17) is 5.73 Å². The first kappa shape index (κ1) is 21.5. The Bertz CT molecular complexity index is 1200. The maximum absolute atomic E-state index is 5.84. The lowest BCUT2D eigenvalue weighted by molar-refractivity contribution is 1.11. The van der Waals surface area contributed by atoms with Crippen LogP contribution in [0.1, 0.15) is 19.4 Å². The van der Waals surface area contributed by atoms with Gasteiger partial charge >= 0.3 is 0 Å². The van der Waals surface area contributed by atoms with E-state index in [1.54, 1.807) is 0 Å². The van der Waals surface area contributed by atoms with Crippen LogP contribution in [0.25, 0.3) is 4.91 Å². The van der Waals surface area contributed by atoms with E-state index in [1.807, 2.05) is 106 Å². The molecule has 2 aromatic carbocycles. The third-order valence-electron chi connectivity index (χ3n) is 4.81. The van der Waals surface area contributed by atoms with Crippen molar-refractivity contribution < 1.29 is 0 Å². The molecule has 31 heavy (non-hydrogen) atoms. The molecule has 9 heteroatoms. The van der Waals surface area contributed by atoms with Gasteiger partial charge < -0.3 is 5.73 Å². The molecule has 156 valence electrons. The predicted molar refractivity (Wildman–Crippen MR) is 151 cm³/mol. The van der Waals surface area contributed by atoms with Crippen molar-refractivity contribution in [2.45, 2.75) is 33.4 Å². The highest BCUT2D eigenvalue weighted by Gasteiger charge is 2.30. The molecular weight excluding hydrogens is 535 g/mol. The van der Waals surface area contributed by atoms with Gasteiger partial charge in [0.05, 0.1) is 16.9 Å². The highest BCUT2D eigenvalue weighted by molar-refractivity contribution is 8.34. The summed E-state index contributed by atoms with van der Waals surface area (Å²) in [6, 6.07) is 13.0. The quantitative estimate of drug-likeness (QED) is 0.348. The number of anilines is 1. The largest absolute Gasteiger partial charge is 0.399 e. The van der Waals surface area contributed by atoms with Gasteiger partial charge in [0, 0.05) is 30.2 Å². The van der Waals surface area contributed by atoms with Gasteiger partial charge in [-0.05, 0) is 58.9 Å². The lowest BCUT2D eigenvalue weighted by Crippen LogP contribution is -1.84. The summed E-state index contributed by atoms with van der Waals surface area (Å²) in [7, 11) is 0. The molecule has 0 saturated carbocycles. The van der Waals surface area contributed by atoms with Gasteiger partial charge in [0.1, 0.15) is 0 Å². The molecule has 0 amide bonds. The average molecular weight is 550 g/mol. The van der Waals surface area contributed by atoms with E-state index in [0.29, 0.717) is 0 Å². The van der Waals surface area contributed by atoms with Crippen LogP contribution in [0, 0.1) is 0 Å². The molecular formula is C22H15NS8. The van der Waals surface area contributed by atoms with Crippen LogP contribution in [0.3, 0.4) is 0 Å². The first-order valence-electron chi connectivity index (χ1n) is 9.35. The first-order chi connectivity index (χ1) is 15.0. The van der Waals surface area contributed by atoms with E-state index in [1.165, 1.54) is 56.8 Å². The summed E-state index contributed by atoms with van der Waals surface area (Å²) in [5.74, 6) is 0. The Hall–Kier alpha value is -0.000000000000000333. The van der Waals surface area contributed by atoms with Crippen LogP contribution in [0.15, 0.2) is 88.1 Å². The number of nitrogens with two attached hydrogens (primary N) is 1. The summed E-state index contributed by atoms with van der Waals surface area (Å²) in [6.07, 6.45) is 0. The summed E-state index contributed by atoms with van der Waals surface area (Å²) in [5.41, 5.74) is 7.89. The van der Waals surface area contributed by atoms with Gasteiger partial charge in [-0.3, -0.25) is 0 Å². The molecule has 2 aromatic rings. The van der Waals surface area contributed by atoms with Gasteiger partial charge in [-0.25, -0.2) is 0 Å². The Morgan fingerprint density at radius 1 is 0.581 bits per heavy atom. The average Bonchev–Trinajstić information content (AvgIpc) is 3.52. The van der Waals surface area contributed by atoms with Crippen molar-refractivity contribution in [3.8, 4) is 0 Å². The molecule has 0 atom stereocenters. The van der Waals surface area contributed by atoms with Gasteiger partial charge in [-0.1, -0.05) is 106 Å². The van der Waals surface area contributed by atoms with Crippen LogP contribution < -0.4 is 5.73 Å². The number of hydrogen-bond acceptors (Lipinski definition) is 9.